The van der Waals surface area contributed by atoms with Crippen molar-refractivity contribution in [2.45, 2.75) is 84.1 Å². The first-order valence-electron chi connectivity index (χ1n) is 11.0. The summed E-state index contributed by atoms with van der Waals surface area (Å²) in [4.78, 5) is 0. The molecule has 0 aromatic heterocycles. The van der Waals surface area contributed by atoms with Gasteiger partial charge in [-0.25, -0.2) is 4.48 Å². The minimum Gasteiger partial charge on any atom is -1.00 e. The highest BCUT2D eigenvalue weighted by Gasteiger charge is 2.27. The molecule has 0 N–H and O–H groups in total. The lowest BCUT2D eigenvalue weighted by Gasteiger charge is -2.25. The van der Waals surface area contributed by atoms with E-state index in [1.54, 1.807) is 0 Å². The Morgan fingerprint density at radius 2 is 1.21 bits per heavy atom. The van der Waals surface area contributed by atoms with Gasteiger partial charge in [0.05, 0.1) is 14.1 Å². The minimum absolute atomic E-state index is 0. The van der Waals surface area contributed by atoms with Crippen LogP contribution in [0.5, 0.6) is 0 Å². The maximum Gasteiger partial charge on any atom is 0.396 e. The summed E-state index contributed by atoms with van der Waals surface area (Å²) in [7, 11) is 8.52. The van der Waals surface area contributed by atoms with Crippen LogP contribution in [0.15, 0.2) is 24.3 Å². The number of quaternary nitrogens is 1. The molecule has 0 aliphatic rings. The molecule has 0 unspecified atom stereocenters. The summed E-state index contributed by atoms with van der Waals surface area (Å²) in [6.07, 6.45) is 15.3. The highest BCUT2D eigenvalue weighted by atomic mass is 35.5. The van der Waals surface area contributed by atoms with Gasteiger partial charge < -0.3 is 12.4 Å². The van der Waals surface area contributed by atoms with E-state index in [1.165, 1.54) is 81.8 Å². The molecule has 0 aliphatic carbocycles. The third-order valence-corrected chi connectivity index (χ3v) is 6.30. The largest absolute Gasteiger partial charge is 1.00 e. The second-order valence-electron chi connectivity index (χ2n) is 8.79. The van der Waals surface area contributed by atoms with Gasteiger partial charge in [-0.2, -0.15) is 4.58 Å². The number of halogens is 1. The number of aryl methyl sites for hydroxylation is 1. The van der Waals surface area contributed by atoms with E-state index in [9.17, 15) is 0 Å². The first-order chi connectivity index (χ1) is 12.9. The molecule has 1 rings (SSSR count). The summed E-state index contributed by atoms with van der Waals surface area (Å²) in [5, 5.41) is 1.07. The lowest BCUT2D eigenvalue weighted by atomic mass is 10.0. The SMILES string of the molecule is CCCCCCCCCCCCc1ccc(C[N+](C)(C)C(S)=[N+](C)C)cc1.[Cl-]. The molecule has 28 heavy (non-hydrogen) atoms. The molecule has 0 saturated heterocycles. The average molecular weight is 428 g/mol. The van der Waals surface area contributed by atoms with Gasteiger partial charge in [0.1, 0.15) is 20.6 Å². The molecule has 0 saturated carbocycles. The first-order valence-corrected chi connectivity index (χ1v) is 11.5. The van der Waals surface area contributed by atoms with Crippen LogP contribution in [0.25, 0.3) is 0 Å². The quantitative estimate of drug-likeness (QED) is 0.123. The van der Waals surface area contributed by atoms with Gasteiger partial charge in [0.15, 0.2) is 0 Å². The molecule has 2 nitrogen and oxygen atoms in total. The van der Waals surface area contributed by atoms with Crippen molar-refractivity contribution in [1.82, 2.24) is 0 Å². The maximum absolute atomic E-state index is 4.67. The van der Waals surface area contributed by atoms with Crippen molar-refractivity contribution in [3.63, 3.8) is 0 Å². The number of unbranched alkanes of at least 4 members (excludes halogenated alkanes) is 9. The summed E-state index contributed by atoms with van der Waals surface area (Å²) >= 11 is 4.67. The lowest BCUT2D eigenvalue weighted by molar-refractivity contribution is -0.831. The van der Waals surface area contributed by atoms with Gasteiger partial charge in [0.25, 0.3) is 0 Å². The van der Waals surface area contributed by atoms with E-state index in [4.69, 9.17) is 0 Å². The molecule has 0 atom stereocenters. The van der Waals surface area contributed by atoms with E-state index in [-0.39, 0.29) is 12.4 Å². The Kier molecular flexibility index (Phi) is 15.1. The normalized spacial score (nSPS) is 11.2. The predicted octanol–water partition coefficient (Wildman–Crippen LogP) is 3.29. The Morgan fingerprint density at radius 1 is 0.786 bits per heavy atom. The highest BCUT2D eigenvalue weighted by molar-refractivity contribution is 7.96. The van der Waals surface area contributed by atoms with Gasteiger partial charge in [-0.05, 0) is 31.0 Å². The van der Waals surface area contributed by atoms with E-state index in [2.05, 4.69) is 76.6 Å². The fourth-order valence-corrected chi connectivity index (χ4v) is 3.77. The summed E-state index contributed by atoms with van der Waals surface area (Å²) in [6, 6.07) is 9.22. The Labute approximate surface area is 186 Å². The number of rotatable bonds is 13. The summed E-state index contributed by atoms with van der Waals surface area (Å²) in [5.41, 5.74) is 2.85. The monoisotopic (exact) mass is 427 g/mol. The van der Waals surface area contributed by atoms with Gasteiger partial charge in [0.2, 0.25) is 0 Å². The Bertz CT molecular complexity index is 548. The molecule has 0 fully saturated rings. The number of hydrogen-bond donors (Lipinski definition) is 1. The van der Waals surface area contributed by atoms with Crippen LogP contribution in [0, 0.1) is 0 Å². The summed E-state index contributed by atoms with van der Waals surface area (Å²) in [5.74, 6) is 0. The molecule has 0 aliphatic heterocycles. The first kappa shape index (κ1) is 27.5. The van der Waals surface area contributed by atoms with Crippen molar-refractivity contribution in [2.75, 3.05) is 28.2 Å². The second kappa shape index (κ2) is 15.3. The number of thiol groups is 1. The molecule has 0 spiro atoms. The number of nitrogens with zero attached hydrogens (tertiary/aromatic N) is 2. The molecule has 0 bridgehead atoms. The zero-order chi connectivity index (χ0) is 20.1. The summed E-state index contributed by atoms with van der Waals surface area (Å²) < 4.78 is 2.86. The van der Waals surface area contributed by atoms with Crippen LogP contribution < -0.4 is 12.4 Å². The fourth-order valence-electron chi connectivity index (χ4n) is 3.70. The van der Waals surface area contributed by atoms with Crippen molar-refractivity contribution < 1.29 is 21.5 Å². The smallest absolute Gasteiger partial charge is 0.396 e. The highest BCUT2D eigenvalue weighted by Crippen LogP contribution is 2.16. The molecular formula is C24H44ClN2S+. The van der Waals surface area contributed by atoms with Crippen LogP contribution >= 0.6 is 12.6 Å². The van der Waals surface area contributed by atoms with Gasteiger partial charge in [-0.1, -0.05) is 89.0 Å². The van der Waals surface area contributed by atoms with Crippen LogP contribution in [0.2, 0.25) is 0 Å². The zero-order valence-corrected chi connectivity index (χ0v) is 20.7. The van der Waals surface area contributed by atoms with E-state index in [1.807, 2.05) is 0 Å². The summed E-state index contributed by atoms with van der Waals surface area (Å²) in [6.45, 7) is 3.25. The molecular weight excluding hydrogens is 384 g/mol. The van der Waals surface area contributed by atoms with Crippen molar-refractivity contribution in [2.24, 2.45) is 0 Å². The second-order valence-corrected chi connectivity index (χ2v) is 9.19. The lowest BCUT2D eigenvalue weighted by Crippen LogP contribution is -3.00. The van der Waals surface area contributed by atoms with Gasteiger partial charge in [0, 0.05) is 5.56 Å². The van der Waals surface area contributed by atoms with Gasteiger partial charge in [-0.15, -0.1) is 0 Å². The third kappa shape index (κ3) is 11.5. The molecule has 1 aromatic rings. The number of amidine groups is 1. The number of hydrogen-bond acceptors (Lipinski definition) is 0. The predicted molar refractivity (Wildman–Crippen MR) is 124 cm³/mol. The van der Waals surface area contributed by atoms with Crippen molar-refractivity contribution >= 4 is 17.8 Å². The van der Waals surface area contributed by atoms with Crippen molar-refractivity contribution in [3.8, 4) is 0 Å². The Balaban J connectivity index is 0.00000729. The van der Waals surface area contributed by atoms with Crippen LogP contribution in [0.4, 0.5) is 0 Å². The van der Waals surface area contributed by atoms with E-state index in [0.717, 1.165) is 16.2 Å². The molecule has 1 aromatic carbocycles. The van der Waals surface area contributed by atoms with Crippen molar-refractivity contribution in [3.05, 3.63) is 35.4 Å². The van der Waals surface area contributed by atoms with E-state index in [0.29, 0.717) is 0 Å². The Morgan fingerprint density at radius 3 is 1.68 bits per heavy atom. The van der Waals surface area contributed by atoms with Crippen molar-refractivity contribution in [1.29, 1.82) is 0 Å². The molecule has 0 radical (unpaired) electrons. The van der Waals surface area contributed by atoms with Crippen LogP contribution in [0.1, 0.15) is 82.3 Å². The van der Waals surface area contributed by atoms with Gasteiger partial charge >= 0.3 is 5.17 Å². The molecule has 0 amide bonds. The zero-order valence-electron chi connectivity index (χ0n) is 19.0. The fraction of sp³-hybridized carbons (Fsp3) is 0.708. The Hall–Kier alpha value is -0.510. The molecule has 162 valence electrons. The van der Waals surface area contributed by atoms with Crippen LogP contribution in [0.3, 0.4) is 0 Å². The molecule has 0 heterocycles. The van der Waals surface area contributed by atoms with Crippen LogP contribution in [-0.4, -0.2) is 42.4 Å². The standard InChI is InChI=1S/C24H43N2S.ClH/c1-6-7-8-9-10-11-12-13-14-15-16-22-17-19-23(20-18-22)21-26(4,5)24(27)25(2)3;/h17-20H,6-16,21H2,1-5H3;1H/q+1;. The van der Waals surface area contributed by atoms with Gasteiger partial charge in [-0.3, -0.25) is 0 Å². The third-order valence-electron chi connectivity index (χ3n) is 5.36. The molecule has 4 heteroatoms. The van der Waals surface area contributed by atoms with E-state index < -0.39 is 0 Å². The topological polar surface area (TPSA) is 3.01 Å². The number of benzene rings is 1. The van der Waals surface area contributed by atoms with E-state index >= 15 is 0 Å². The minimum atomic E-state index is 0. The average Bonchev–Trinajstić information content (AvgIpc) is 2.63. The van der Waals surface area contributed by atoms with Crippen LogP contribution in [-0.2, 0) is 13.0 Å². The maximum atomic E-state index is 4.67.